The Labute approximate surface area is 145 Å². The highest BCUT2D eigenvalue weighted by Gasteiger charge is 2.29. The lowest BCUT2D eigenvalue weighted by atomic mass is 10.1. The number of rotatable bonds is 13. The van der Waals surface area contributed by atoms with Crippen LogP contribution in [0.4, 0.5) is 0 Å². The molecule has 0 aromatic heterocycles. The van der Waals surface area contributed by atoms with Gasteiger partial charge in [0, 0.05) is 20.2 Å². The van der Waals surface area contributed by atoms with Crippen molar-refractivity contribution < 1.29 is 24.1 Å². The summed E-state index contributed by atoms with van der Waals surface area (Å²) < 4.78 is 9.72. The average molecular weight is 362 g/mol. The number of amides is 1. The van der Waals surface area contributed by atoms with Gasteiger partial charge in [-0.2, -0.15) is 0 Å². The van der Waals surface area contributed by atoms with Gasteiger partial charge in [-0.05, 0) is 19.8 Å². The second-order valence-corrected chi connectivity index (χ2v) is 4.95. The molecular formula is C13H26N6O6. The first-order chi connectivity index (χ1) is 11.8. The van der Waals surface area contributed by atoms with Gasteiger partial charge in [0.2, 0.25) is 0 Å². The average Bonchev–Trinajstić information content (AvgIpc) is 2.53. The highest BCUT2D eigenvalue weighted by Crippen LogP contribution is 2.05. The zero-order valence-electron chi connectivity index (χ0n) is 14.5. The quantitative estimate of drug-likeness (QED) is 0.0854. The minimum Gasteiger partial charge on any atom is -0.465 e. The van der Waals surface area contributed by atoms with Crippen LogP contribution < -0.4 is 16.9 Å². The highest BCUT2D eigenvalue weighted by molar-refractivity contribution is 5.85. The monoisotopic (exact) mass is 362 g/mol. The molecule has 0 heterocycles. The van der Waals surface area contributed by atoms with Gasteiger partial charge in [0.1, 0.15) is 6.54 Å². The number of nitrogens with one attached hydrogen (secondary N) is 1. The van der Waals surface area contributed by atoms with Crippen LogP contribution in [0.15, 0.2) is 4.99 Å². The summed E-state index contributed by atoms with van der Waals surface area (Å²) in [5, 5.41) is 9.95. The van der Waals surface area contributed by atoms with Gasteiger partial charge >= 0.3 is 5.97 Å². The number of nitro groups is 1. The van der Waals surface area contributed by atoms with Gasteiger partial charge in [0.15, 0.2) is 17.0 Å². The van der Waals surface area contributed by atoms with Crippen molar-refractivity contribution in [3.05, 3.63) is 10.1 Å². The molecule has 144 valence electrons. The second kappa shape index (κ2) is 12.8. The number of esters is 1. The highest BCUT2D eigenvalue weighted by atomic mass is 16.7. The maximum Gasteiger partial charge on any atom is 0.325 e. The molecule has 0 spiro atoms. The van der Waals surface area contributed by atoms with Gasteiger partial charge in [-0.25, -0.2) is 10.1 Å². The maximum absolute atomic E-state index is 12.6. The van der Waals surface area contributed by atoms with Crippen LogP contribution in [-0.4, -0.2) is 73.8 Å². The Morgan fingerprint density at radius 1 is 1.40 bits per heavy atom. The number of aliphatic imine (C=N–C) groups is 1. The van der Waals surface area contributed by atoms with Crippen molar-refractivity contribution in [3.63, 3.8) is 0 Å². The fourth-order valence-corrected chi connectivity index (χ4v) is 1.93. The molecule has 0 radical (unpaired) electrons. The Morgan fingerprint density at radius 2 is 2.08 bits per heavy atom. The number of nitrogens with zero attached hydrogens (tertiary/aromatic N) is 3. The van der Waals surface area contributed by atoms with E-state index in [0.29, 0.717) is 6.42 Å². The number of hydrogen-bond donors (Lipinski definition) is 3. The minimum absolute atomic E-state index is 0.0952. The zero-order valence-corrected chi connectivity index (χ0v) is 14.5. The molecule has 0 rings (SSSR count). The predicted octanol–water partition coefficient (Wildman–Crippen LogP) is -1.77. The van der Waals surface area contributed by atoms with E-state index in [0.717, 1.165) is 4.90 Å². The van der Waals surface area contributed by atoms with Crippen LogP contribution in [0.3, 0.4) is 0 Å². The van der Waals surface area contributed by atoms with E-state index in [9.17, 15) is 19.7 Å². The molecule has 0 aliphatic rings. The molecule has 1 atom stereocenters. The third-order valence-corrected chi connectivity index (χ3v) is 3.01. The molecule has 0 aromatic carbocycles. The number of nitrogens with two attached hydrogens (primary N) is 2. The largest absolute Gasteiger partial charge is 0.465 e. The van der Waals surface area contributed by atoms with Crippen molar-refractivity contribution in [2.24, 2.45) is 16.5 Å². The van der Waals surface area contributed by atoms with Crippen molar-refractivity contribution in [2.75, 3.05) is 40.0 Å². The normalized spacial score (nSPS) is 11.3. The molecule has 5 N–H and O–H groups in total. The number of carbonyl (C=O) groups is 2. The van der Waals surface area contributed by atoms with Crippen LogP contribution in [-0.2, 0) is 19.1 Å². The summed E-state index contributed by atoms with van der Waals surface area (Å²) in [7, 11) is 1.44. The van der Waals surface area contributed by atoms with Crippen molar-refractivity contribution in [1.29, 1.82) is 0 Å². The van der Waals surface area contributed by atoms with Crippen LogP contribution in [0.5, 0.6) is 0 Å². The lowest BCUT2D eigenvalue weighted by Crippen LogP contribution is -2.51. The Hall–Kier alpha value is -2.63. The molecule has 0 saturated heterocycles. The van der Waals surface area contributed by atoms with E-state index in [1.807, 2.05) is 5.43 Å². The number of carbonyl (C=O) groups excluding carboxylic acids is 2. The van der Waals surface area contributed by atoms with Crippen molar-refractivity contribution in [3.8, 4) is 0 Å². The minimum atomic E-state index is -1.13. The Kier molecular flexibility index (Phi) is 11.4. The fraction of sp³-hybridized carbons (Fsp3) is 0.769. The van der Waals surface area contributed by atoms with Crippen molar-refractivity contribution in [2.45, 2.75) is 25.8 Å². The summed E-state index contributed by atoms with van der Waals surface area (Å²) in [5.41, 5.74) is 12.4. The summed E-state index contributed by atoms with van der Waals surface area (Å²) in [6.45, 7) is 1.98. The van der Waals surface area contributed by atoms with Crippen LogP contribution in [0.1, 0.15) is 19.8 Å². The third-order valence-electron chi connectivity index (χ3n) is 3.01. The summed E-state index contributed by atoms with van der Waals surface area (Å²) >= 11 is 0. The van der Waals surface area contributed by atoms with E-state index in [4.69, 9.17) is 20.9 Å². The summed E-state index contributed by atoms with van der Waals surface area (Å²) in [5.74, 6) is -1.31. The number of guanidine groups is 1. The Morgan fingerprint density at radius 3 is 2.60 bits per heavy atom. The van der Waals surface area contributed by atoms with E-state index in [-0.39, 0.29) is 45.2 Å². The number of hydrogen-bond acceptors (Lipinski definition) is 7. The molecule has 0 saturated carbocycles. The van der Waals surface area contributed by atoms with Gasteiger partial charge < -0.3 is 25.8 Å². The molecule has 12 nitrogen and oxygen atoms in total. The first kappa shape index (κ1) is 22.4. The van der Waals surface area contributed by atoms with Crippen LogP contribution in [0.2, 0.25) is 0 Å². The summed E-state index contributed by atoms with van der Waals surface area (Å²) in [6.07, 6.45) is 0.454. The molecular weight excluding hydrogens is 336 g/mol. The number of methoxy groups -OCH3 is 1. The van der Waals surface area contributed by atoms with Gasteiger partial charge in [-0.1, -0.05) is 0 Å². The van der Waals surface area contributed by atoms with Gasteiger partial charge in [0.25, 0.3) is 5.91 Å². The first-order valence-electron chi connectivity index (χ1n) is 7.71. The van der Waals surface area contributed by atoms with E-state index >= 15 is 0 Å². The molecule has 1 amide bonds. The van der Waals surface area contributed by atoms with Gasteiger partial charge in [0.05, 0.1) is 13.2 Å². The Bertz CT molecular complexity index is 468. The lowest BCUT2D eigenvalue weighted by molar-refractivity contribution is -0.548. The summed E-state index contributed by atoms with van der Waals surface area (Å²) in [6, 6.07) is -1.13. The molecule has 0 bridgehead atoms. The Balaban J connectivity index is 4.97. The molecule has 0 unspecified atom stereocenters. The second-order valence-electron chi connectivity index (χ2n) is 4.95. The lowest BCUT2D eigenvalue weighted by Gasteiger charge is -2.25. The van der Waals surface area contributed by atoms with E-state index < -0.39 is 23.0 Å². The van der Waals surface area contributed by atoms with E-state index in [1.165, 1.54) is 7.11 Å². The predicted molar refractivity (Wildman–Crippen MR) is 88.9 cm³/mol. The van der Waals surface area contributed by atoms with Gasteiger partial charge in [-0.3, -0.25) is 14.6 Å². The molecule has 0 fully saturated rings. The molecule has 0 aliphatic carbocycles. The topological polar surface area (TPSA) is 175 Å². The van der Waals surface area contributed by atoms with E-state index in [2.05, 4.69) is 4.99 Å². The standard InChI is InChI=1S/C13H26N6O6/c1-3-25-11(20)9-18(7-8-24-2)12(21)10(17-19(22)23)5-4-6-16-13(14)15/h10,17H,3-9H2,1-2H3,(H4,14,15,16)/t10-/m0/s1. The maximum atomic E-state index is 12.6. The number of ether oxygens (including phenoxy) is 2. The van der Waals surface area contributed by atoms with Crippen molar-refractivity contribution in [1.82, 2.24) is 10.3 Å². The molecule has 12 heteroatoms. The van der Waals surface area contributed by atoms with Crippen LogP contribution in [0, 0.1) is 10.1 Å². The molecule has 0 aliphatic heterocycles. The van der Waals surface area contributed by atoms with E-state index in [1.54, 1.807) is 6.92 Å². The van der Waals surface area contributed by atoms with Crippen molar-refractivity contribution >= 4 is 17.8 Å². The molecule has 0 aromatic rings. The third kappa shape index (κ3) is 10.7. The number of hydrazine groups is 1. The smallest absolute Gasteiger partial charge is 0.325 e. The zero-order chi connectivity index (χ0) is 19.2. The molecule has 25 heavy (non-hydrogen) atoms. The SMILES string of the molecule is CCOC(=O)CN(CCOC)C(=O)[C@H](CCCN=C(N)N)N[N+](=O)[O-]. The van der Waals surface area contributed by atoms with Crippen LogP contribution in [0.25, 0.3) is 0 Å². The van der Waals surface area contributed by atoms with Crippen LogP contribution >= 0.6 is 0 Å². The summed E-state index contributed by atoms with van der Waals surface area (Å²) in [4.78, 5) is 39.9. The first-order valence-corrected chi connectivity index (χ1v) is 7.71. The van der Waals surface area contributed by atoms with Gasteiger partial charge in [-0.15, -0.1) is 5.43 Å². The fourth-order valence-electron chi connectivity index (χ4n) is 1.93.